The largest absolute Gasteiger partial charge is 0.325 e. The molecule has 0 saturated heterocycles. The van der Waals surface area contributed by atoms with Crippen molar-refractivity contribution in [3.63, 3.8) is 0 Å². The summed E-state index contributed by atoms with van der Waals surface area (Å²) in [4.78, 5) is 24.6. The Kier molecular flexibility index (Phi) is 5.94. The van der Waals surface area contributed by atoms with Crippen molar-refractivity contribution >= 4 is 23.4 Å². The van der Waals surface area contributed by atoms with Crippen LogP contribution in [-0.2, 0) is 4.79 Å². The summed E-state index contributed by atoms with van der Waals surface area (Å²) in [6.07, 6.45) is 0. The lowest BCUT2D eigenvalue weighted by Crippen LogP contribution is -2.24. The van der Waals surface area contributed by atoms with E-state index in [9.17, 15) is 14.0 Å². The van der Waals surface area contributed by atoms with Crippen LogP contribution >= 0.6 is 11.8 Å². The second kappa shape index (κ2) is 8.39. The van der Waals surface area contributed by atoms with Gasteiger partial charge in [0, 0.05) is 11.8 Å². The van der Waals surface area contributed by atoms with Crippen molar-refractivity contribution in [1.82, 2.24) is 9.78 Å². The molecular weight excluding hydrogens is 377 g/mol. The molecule has 0 saturated carbocycles. The van der Waals surface area contributed by atoms with Crippen LogP contribution in [0.2, 0.25) is 0 Å². The van der Waals surface area contributed by atoms with Gasteiger partial charge in [-0.05, 0) is 68.3 Å². The molecule has 1 N–H and O–H groups in total. The molecule has 28 heavy (non-hydrogen) atoms. The van der Waals surface area contributed by atoms with Crippen molar-refractivity contribution in [2.24, 2.45) is 0 Å². The molecule has 0 aliphatic carbocycles. The van der Waals surface area contributed by atoms with Gasteiger partial charge in [-0.2, -0.15) is 9.78 Å². The highest BCUT2D eigenvalue weighted by Gasteiger charge is 2.16. The number of thioether (sulfide) groups is 1. The minimum absolute atomic E-state index is 0.246. The number of aryl methyl sites for hydroxylation is 2. The molecule has 0 spiro atoms. The molecule has 1 atom stereocenters. The lowest BCUT2D eigenvalue weighted by Gasteiger charge is -2.13. The van der Waals surface area contributed by atoms with Crippen LogP contribution in [-0.4, -0.2) is 20.9 Å². The summed E-state index contributed by atoms with van der Waals surface area (Å²) in [5, 5.41) is 7.12. The Morgan fingerprint density at radius 2 is 1.89 bits per heavy atom. The number of nitrogens with zero attached hydrogens (tertiary/aromatic N) is 2. The molecule has 3 rings (SSSR count). The Morgan fingerprint density at radius 3 is 2.61 bits per heavy atom. The van der Waals surface area contributed by atoms with Crippen LogP contribution < -0.4 is 10.9 Å². The molecule has 5 nitrogen and oxygen atoms in total. The van der Waals surface area contributed by atoms with Crippen LogP contribution in [0.5, 0.6) is 0 Å². The summed E-state index contributed by atoms with van der Waals surface area (Å²) in [5.41, 5.74) is 3.01. The van der Waals surface area contributed by atoms with Crippen molar-refractivity contribution in [3.05, 3.63) is 81.9 Å². The zero-order chi connectivity index (χ0) is 20.3. The van der Waals surface area contributed by atoms with Crippen LogP contribution in [0.4, 0.5) is 10.1 Å². The van der Waals surface area contributed by atoms with E-state index in [1.807, 2.05) is 32.0 Å². The fourth-order valence-corrected chi connectivity index (χ4v) is 3.35. The van der Waals surface area contributed by atoms with Gasteiger partial charge in [0.1, 0.15) is 10.8 Å². The van der Waals surface area contributed by atoms with Gasteiger partial charge in [-0.3, -0.25) is 9.59 Å². The number of nitrogens with one attached hydrogen (secondary N) is 1. The molecule has 0 radical (unpaired) electrons. The first-order chi connectivity index (χ1) is 13.3. The summed E-state index contributed by atoms with van der Waals surface area (Å²) >= 11 is 1.22. The molecule has 0 fully saturated rings. The number of hydrogen-bond donors (Lipinski definition) is 1. The van der Waals surface area contributed by atoms with Gasteiger partial charge >= 0.3 is 0 Å². The molecular formula is C21H20FN3O2S. The quantitative estimate of drug-likeness (QED) is 0.658. The maximum Gasteiger partial charge on any atom is 0.271 e. The Bertz CT molecular complexity index is 1080. The minimum Gasteiger partial charge on any atom is -0.325 e. The predicted molar refractivity (Wildman–Crippen MR) is 110 cm³/mol. The second-order valence-corrected chi connectivity index (χ2v) is 7.81. The van der Waals surface area contributed by atoms with E-state index >= 15 is 0 Å². The lowest BCUT2D eigenvalue weighted by atomic mass is 10.1. The van der Waals surface area contributed by atoms with Crippen molar-refractivity contribution in [3.8, 4) is 5.69 Å². The molecule has 0 unspecified atom stereocenters. The highest BCUT2D eigenvalue weighted by atomic mass is 32.2. The lowest BCUT2D eigenvalue weighted by molar-refractivity contribution is -0.115. The van der Waals surface area contributed by atoms with Crippen molar-refractivity contribution in [2.45, 2.75) is 31.0 Å². The van der Waals surface area contributed by atoms with Gasteiger partial charge in [-0.1, -0.05) is 23.9 Å². The van der Waals surface area contributed by atoms with Gasteiger partial charge in [0.2, 0.25) is 5.91 Å². The van der Waals surface area contributed by atoms with Crippen LogP contribution in [0.15, 0.2) is 64.4 Å². The van der Waals surface area contributed by atoms with Crippen LogP contribution in [0.3, 0.4) is 0 Å². The third-order valence-corrected chi connectivity index (χ3v) is 5.30. The van der Waals surface area contributed by atoms with Gasteiger partial charge < -0.3 is 5.32 Å². The third-order valence-electron chi connectivity index (χ3n) is 4.27. The van der Waals surface area contributed by atoms with Gasteiger partial charge in [-0.15, -0.1) is 0 Å². The van der Waals surface area contributed by atoms with E-state index in [4.69, 9.17) is 0 Å². The summed E-state index contributed by atoms with van der Waals surface area (Å²) in [6, 6.07) is 14.4. The van der Waals surface area contributed by atoms with Crippen molar-refractivity contribution in [2.75, 3.05) is 5.32 Å². The smallest absolute Gasteiger partial charge is 0.271 e. The predicted octanol–water partition coefficient (Wildman–Crippen LogP) is 4.11. The SMILES string of the molecule is Cc1ccc(-n2nc(S[C@@H](C)C(=O)Nc3cccc(F)c3)ccc2=O)cc1C. The van der Waals surface area contributed by atoms with E-state index in [0.29, 0.717) is 16.4 Å². The normalized spacial score (nSPS) is 11.9. The summed E-state index contributed by atoms with van der Waals surface area (Å²) < 4.78 is 14.6. The van der Waals surface area contributed by atoms with Gasteiger partial charge in [0.05, 0.1) is 10.9 Å². The fourth-order valence-electron chi connectivity index (χ4n) is 2.54. The topological polar surface area (TPSA) is 64.0 Å². The Hall–Kier alpha value is -2.93. The van der Waals surface area contributed by atoms with Gasteiger partial charge in [0.25, 0.3) is 5.56 Å². The highest BCUT2D eigenvalue weighted by Crippen LogP contribution is 2.22. The van der Waals surface area contributed by atoms with Crippen molar-refractivity contribution < 1.29 is 9.18 Å². The van der Waals surface area contributed by atoms with E-state index in [-0.39, 0.29) is 11.5 Å². The average Bonchev–Trinajstić information content (AvgIpc) is 2.65. The van der Waals surface area contributed by atoms with E-state index in [1.54, 1.807) is 19.1 Å². The van der Waals surface area contributed by atoms with E-state index < -0.39 is 11.1 Å². The molecule has 1 aromatic heterocycles. The molecule has 0 aliphatic heterocycles. The molecule has 1 amide bonds. The Morgan fingerprint density at radius 1 is 1.11 bits per heavy atom. The number of rotatable bonds is 5. The maximum atomic E-state index is 13.3. The molecule has 0 aliphatic rings. The maximum absolute atomic E-state index is 13.3. The van der Waals surface area contributed by atoms with Crippen LogP contribution in [0.1, 0.15) is 18.1 Å². The number of halogens is 1. The number of aromatic nitrogens is 2. The zero-order valence-corrected chi connectivity index (χ0v) is 16.6. The standard InChI is InChI=1S/C21H20FN3O2S/c1-13-7-8-18(11-14(13)2)25-20(26)10-9-19(24-25)28-15(3)21(27)23-17-6-4-5-16(22)12-17/h4-12,15H,1-3H3,(H,23,27)/t15-/m0/s1. The Balaban J connectivity index is 1.77. The zero-order valence-electron chi connectivity index (χ0n) is 15.8. The van der Waals surface area contributed by atoms with Gasteiger partial charge in [0.15, 0.2) is 0 Å². The highest BCUT2D eigenvalue weighted by molar-refractivity contribution is 8.00. The molecule has 3 aromatic rings. The van der Waals surface area contributed by atoms with Crippen LogP contribution in [0.25, 0.3) is 5.69 Å². The third kappa shape index (κ3) is 4.67. The molecule has 144 valence electrons. The number of amides is 1. The number of hydrogen-bond acceptors (Lipinski definition) is 4. The summed E-state index contributed by atoms with van der Waals surface area (Å²) in [6.45, 7) is 5.70. The minimum atomic E-state index is -0.485. The van der Waals surface area contributed by atoms with E-state index in [2.05, 4.69) is 10.4 Å². The van der Waals surface area contributed by atoms with E-state index in [0.717, 1.165) is 11.1 Å². The first-order valence-corrected chi connectivity index (χ1v) is 9.62. The van der Waals surface area contributed by atoms with Gasteiger partial charge in [-0.25, -0.2) is 4.39 Å². The summed E-state index contributed by atoms with van der Waals surface area (Å²) in [5.74, 6) is -0.693. The second-order valence-electron chi connectivity index (χ2n) is 6.45. The average molecular weight is 397 g/mol. The number of benzene rings is 2. The van der Waals surface area contributed by atoms with Crippen molar-refractivity contribution in [1.29, 1.82) is 0 Å². The molecule has 0 bridgehead atoms. The Labute approximate surface area is 166 Å². The first-order valence-electron chi connectivity index (χ1n) is 8.74. The molecule has 7 heteroatoms. The number of carbonyl (C=O) groups excluding carboxylic acids is 1. The first kappa shape index (κ1) is 19.8. The fraction of sp³-hybridized carbons (Fsp3) is 0.190. The number of anilines is 1. The van der Waals surface area contributed by atoms with Crippen LogP contribution in [0, 0.1) is 19.7 Å². The molecule has 2 aromatic carbocycles. The number of carbonyl (C=O) groups is 1. The van der Waals surface area contributed by atoms with E-state index in [1.165, 1.54) is 40.7 Å². The monoisotopic (exact) mass is 397 g/mol. The summed E-state index contributed by atoms with van der Waals surface area (Å²) in [7, 11) is 0. The molecule has 1 heterocycles.